The van der Waals surface area contributed by atoms with Gasteiger partial charge in [0.15, 0.2) is 29.1 Å². The van der Waals surface area contributed by atoms with Crippen LogP contribution in [0.25, 0.3) is 11.0 Å². The van der Waals surface area contributed by atoms with Crippen molar-refractivity contribution in [3.63, 3.8) is 0 Å². The van der Waals surface area contributed by atoms with Gasteiger partial charge < -0.3 is 72.2 Å². The first kappa shape index (κ1) is 50.0. The third-order valence-electron chi connectivity index (χ3n) is 9.35. The second-order valence-electron chi connectivity index (χ2n) is 13.8. The van der Waals surface area contributed by atoms with Crippen LogP contribution >= 0.6 is 0 Å². The van der Waals surface area contributed by atoms with Crippen molar-refractivity contribution in [3.8, 4) is 17.2 Å². The van der Waals surface area contributed by atoms with Crippen LogP contribution in [0, 0.1) is 12.3 Å². The Morgan fingerprint density at radius 1 is 1.04 bits per heavy atom. The Hall–Kier alpha value is -5.04. The molecule has 20 heteroatoms. The number of hydrogen-bond donors (Lipinski definition) is 9. The fourth-order valence-electron chi connectivity index (χ4n) is 6.11. The summed E-state index contributed by atoms with van der Waals surface area (Å²) >= 11 is 0. The van der Waals surface area contributed by atoms with Gasteiger partial charge in [-0.05, 0) is 96.2 Å². The molecule has 2 amide bonds. The van der Waals surface area contributed by atoms with E-state index >= 15 is 0 Å². The first-order chi connectivity index (χ1) is 25.2. The van der Waals surface area contributed by atoms with E-state index in [-0.39, 0.29) is 79.8 Å². The van der Waals surface area contributed by atoms with Crippen LogP contribution in [-0.2, 0) is 51.3 Å². The van der Waals surface area contributed by atoms with Gasteiger partial charge in [0, 0.05) is 39.3 Å². The molecule has 3 aromatic rings. The number of carbonyl (C=O) groups is 4. The predicted molar refractivity (Wildman–Crippen MR) is 201 cm³/mol. The number of ether oxygens (including phenoxy) is 4. The normalized spacial score (nSPS) is 19.9. The van der Waals surface area contributed by atoms with Gasteiger partial charge in [0.2, 0.25) is 6.29 Å². The molecule has 4 atom stereocenters. The van der Waals surface area contributed by atoms with E-state index in [0.717, 1.165) is 5.57 Å². The SMILES string of the molecule is COC1C(OC(N)=O)C(O)C(Oc2ccc3c(O)c(NC(=O)c4ccc(O)c(CC=C(C)C)c4)c(=O)oc3c2C)OC1(C)C.N.N.O=C(O)C1(C(=O)O)CCC1.[Pt]. The number of primary amides is 1. The number of nitrogens with one attached hydrogen (secondary N) is 1. The summed E-state index contributed by atoms with van der Waals surface area (Å²) in [4.78, 5) is 58.2. The molecule has 14 N–H and O–H groups in total. The molecule has 1 saturated carbocycles. The van der Waals surface area contributed by atoms with Gasteiger partial charge in [-0.25, -0.2) is 9.59 Å². The fourth-order valence-corrected chi connectivity index (χ4v) is 6.11. The first-order valence-corrected chi connectivity index (χ1v) is 16.8. The van der Waals surface area contributed by atoms with E-state index in [1.807, 2.05) is 19.9 Å². The minimum absolute atomic E-state index is 0. The van der Waals surface area contributed by atoms with Gasteiger partial charge in [-0.1, -0.05) is 11.6 Å². The molecule has 1 aliphatic carbocycles. The maximum Gasteiger partial charge on any atom is 0.404 e. The summed E-state index contributed by atoms with van der Waals surface area (Å²) in [5.41, 5.74) is 3.09. The Kier molecular flexibility index (Phi) is 17.4. The van der Waals surface area contributed by atoms with Crippen LogP contribution in [0.1, 0.15) is 68.4 Å². The number of allylic oxidation sites excluding steroid dienone is 2. The van der Waals surface area contributed by atoms with Gasteiger partial charge in [0.05, 0.1) is 11.0 Å². The Morgan fingerprint density at radius 2 is 1.65 bits per heavy atom. The van der Waals surface area contributed by atoms with Crippen molar-refractivity contribution in [1.82, 2.24) is 12.3 Å². The standard InChI is InChI=1S/C31H36N2O11.C6H8O4.2H3N.Pt/c1-14(2)7-8-16-13-17(9-11-19(16)34)27(37)33-21-22(35)18-10-12-20(15(3)24(18)42-28(21)38)41-29-23(36)25(43-30(32)39)26(40-6)31(4,5)44-29;7-4(8)6(5(9)10)2-1-3-6;;;/h7,9-13,23,25-26,29,34-36H,8H2,1-6H3,(H2,32,39)(H,33,37);1-3H2,(H,7,8)(H,9,10);2*1H3;. The van der Waals surface area contributed by atoms with Gasteiger partial charge in [-0.2, -0.15) is 0 Å². The van der Waals surface area contributed by atoms with Gasteiger partial charge in [-0.3, -0.25) is 14.4 Å². The molecule has 0 radical (unpaired) electrons. The number of phenols is 1. The number of phenolic OH excluding ortho intramolecular Hbond substituents is 1. The maximum atomic E-state index is 13.0. The van der Waals surface area contributed by atoms with E-state index in [1.54, 1.807) is 20.8 Å². The molecule has 2 aromatic carbocycles. The van der Waals surface area contributed by atoms with Gasteiger partial charge in [0.1, 0.15) is 23.2 Å². The van der Waals surface area contributed by atoms with Crippen LogP contribution < -0.4 is 33.7 Å². The van der Waals surface area contributed by atoms with Crippen LogP contribution in [0.2, 0.25) is 0 Å². The van der Waals surface area contributed by atoms with Crippen LogP contribution in [0.3, 0.4) is 0 Å². The average Bonchev–Trinajstić information content (AvgIpc) is 3.05. The van der Waals surface area contributed by atoms with Gasteiger partial charge >= 0.3 is 23.7 Å². The van der Waals surface area contributed by atoms with Crippen molar-refractivity contribution in [2.24, 2.45) is 11.1 Å². The maximum absolute atomic E-state index is 13.0. The number of anilines is 1. The number of nitrogens with two attached hydrogens (primary N) is 1. The van der Waals surface area contributed by atoms with Crippen molar-refractivity contribution >= 4 is 40.6 Å². The third kappa shape index (κ3) is 10.7. The quantitative estimate of drug-likeness (QED) is 0.0778. The number of benzene rings is 2. The first-order valence-electron chi connectivity index (χ1n) is 16.8. The van der Waals surface area contributed by atoms with Crippen LogP contribution in [-0.4, -0.2) is 86.8 Å². The number of hydrogen-bond acceptors (Lipinski definition) is 15. The molecule has 19 nitrogen and oxygen atoms in total. The Labute approximate surface area is 341 Å². The number of amides is 2. The van der Waals surface area contributed by atoms with Gasteiger partial charge in [0.25, 0.3) is 5.91 Å². The van der Waals surface area contributed by atoms with Crippen molar-refractivity contribution in [1.29, 1.82) is 0 Å². The van der Waals surface area contributed by atoms with Gasteiger partial charge in [-0.15, -0.1) is 0 Å². The Morgan fingerprint density at radius 3 is 2.14 bits per heavy atom. The smallest absolute Gasteiger partial charge is 0.404 e. The number of carboxylic acid groups (broad SMARTS) is 2. The van der Waals surface area contributed by atoms with Crippen molar-refractivity contribution in [2.75, 3.05) is 12.4 Å². The summed E-state index contributed by atoms with van der Waals surface area (Å²) in [6.45, 7) is 8.69. The molecule has 0 bridgehead atoms. The van der Waals surface area contributed by atoms with Crippen LogP contribution in [0.5, 0.6) is 17.2 Å². The van der Waals surface area contributed by atoms with E-state index in [0.29, 0.717) is 18.4 Å². The monoisotopic (exact) mass is 985 g/mol. The molecule has 4 unspecified atom stereocenters. The largest absolute Gasteiger partial charge is 0.508 e. The summed E-state index contributed by atoms with van der Waals surface area (Å²) in [6, 6.07) is 7.12. The fraction of sp³-hybridized carbons (Fsp3) is 0.432. The second kappa shape index (κ2) is 19.9. The number of aryl methyl sites for hydroxylation is 1. The number of aliphatic hydroxyl groups excluding tert-OH is 1. The number of rotatable bonds is 10. The Balaban J connectivity index is 0.00000109. The zero-order valence-electron chi connectivity index (χ0n) is 32.2. The number of carboxylic acids is 2. The molecule has 1 aliphatic heterocycles. The topological polar surface area (TPSA) is 345 Å². The minimum Gasteiger partial charge on any atom is -0.508 e. The number of aliphatic carboxylic acids is 2. The van der Waals surface area contributed by atoms with Crippen LogP contribution in [0.4, 0.5) is 10.5 Å². The molecule has 2 fully saturated rings. The van der Waals surface area contributed by atoms with Crippen molar-refractivity contribution in [3.05, 3.63) is 69.1 Å². The predicted octanol–water partition coefficient (Wildman–Crippen LogP) is 4.27. The zero-order valence-corrected chi connectivity index (χ0v) is 34.5. The number of methoxy groups -OCH3 is 1. The molecular formula is C37H50N4O15Pt. The summed E-state index contributed by atoms with van der Waals surface area (Å²) in [6.07, 6.45) is -2.55. The van der Waals surface area contributed by atoms with E-state index in [1.165, 1.54) is 37.4 Å². The second-order valence-corrected chi connectivity index (χ2v) is 13.8. The Bertz CT molecular complexity index is 2030. The van der Waals surface area contributed by atoms with Crippen molar-refractivity contribution in [2.45, 2.75) is 90.5 Å². The average molecular weight is 986 g/mol. The molecule has 2 heterocycles. The summed E-state index contributed by atoms with van der Waals surface area (Å²) in [5.74, 6) is -3.49. The van der Waals surface area contributed by atoms with E-state index in [2.05, 4.69) is 5.32 Å². The van der Waals surface area contributed by atoms with E-state index in [9.17, 15) is 39.3 Å². The minimum atomic E-state index is -1.52. The number of aliphatic hydroxyl groups is 1. The summed E-state index contributed by atoms with van der Waals surface area (Å²) in [7, 11) is 1.37. The van der Waals surface area contributed by atoms with E-state index in [4.69, 9.17) is 39.3 Å². The summed E-state index contributed by atoms with van der Waals surface area (Å²) < 4.78 is 27.9. The number of aromatic hydroxyl groups is 2. The number of fused-ring (bicyclic) bond motifs is 1. The van der Waals surface area contributed by atoms with Crippen molar-refractivity contribution < 1.29 is 89.1 Å². The molecule has 57 heavy (non-hydrogen) atoms. The molecule has 0 spiro atoms. The number of carbonyl (C=O) groups excluding carboxylic acids is 2. The van der Waals surface area contributed by atoms with E-state index < -0.39 is 76.6 Å². The molecule has 1 saturated heterocycles. The molecule has 318 valence electrons. The molecular weight excluding hydrogens is 935 g/mol. The van der Waals surface area contributed by atoms with Crippen LogP contribution in [0.15, 0.2) is 51.2 Å². The zero-order chi connectivity index (χ0) is 40.3. The molecule has 2 aliphatic rings. The molecule has 5 rings (SSSR count). The summed E-state index contributed by atoms with van der Waals surface area (Å²) in [5, 5.41) is 51.5. The third-order valence-corrected chi connectivity index (χ3v) is 9.35. The molecule has 1 aromatic heterocycles.